The molecule has 4 nitrogen and oxygen atoms in total. The molecule has 7 heteroatoms. The van der Waals surface area contributed by atoms with Crippen LogP contribution in [0.15, 0.2) is 48.5 Å². The summed E-state index contributed by atoms with van der Waals surface area (Å²) in [5.41, 5.74) is 1.86. The van der Waals surface area contributed by atoms with E-state index in [9.17, 15) is 18.4 Å². The second kappa shape index (κ2) is 8.69. The zero-order valence-electron chi connectivity index (χ0n) is 15.4. The molecule has 28 heavy (non-hydrogen) atoms. The lowest BCUT2D eigenvalue weighted by atomic mass is 10.0. The standard InChI is InChI=1S/C21H21ClF2N2O2/c1-13(14-6-3-2-4-7-14)26-19(20(27)25-11-5-8-18(23)24)17-12-15(22)9-10-16(17)21(26)28/h2-4,6-7,9-10,12-13,18-19H,5,8,11H2,1H3,(H,25,27)/t13-,19?/m1/s1. The summed E-state index contributed by atoms with van der Waals surface area (Å²) < 4.78 is 24.7. The predicted octanol–water partition coefficient (Wildman–Crippen LogP) is 4.76. The SMILES string of the molecule is C[C@H](c1ccccc1)N1C(=O)c2ccc(Cl)cc2C1C(=O)NCCCC(F)F. The number of carbonyl (C=O) groups excluding carboxylic acids is 2. The molecule has 2 aromatic rings. The van der Waals surface area contributed by atoms with E-state index in [-0.39, 0.29) is 31.3 Å². The third kappa shape index (κ3) is 4.17. The van der Waals surface area contributed by atoms with E-state index in [4.69, 9.17) is 11.6 Å². The molecular formula is C21H21ClF2N2O2. The summed E-state index contributed by atoms with van der Waals surface area (Å²) >= 11 is 6.10. The molecule has 1 unspecified atom stereocenters. The molecule has 1 aliphatic heterocycles. The Hall–Kier alpha value is -2.47. The van der Waals surface area contributed by atoms with Crippen molar-refractivity contribution in [3.63, 3.8) is 0 Å². The molecule has 148 valence electrons. The Balaban J connectivity index is 1.89. The second-order valence-corrected chi connectivity index (χ2v) is 7.19. The molecule has 1 aliphatic rings. The Morgan fingerprint density at radius 3 is 2.61 bits per heavy atom. The number of halogens is 3. The van der Waals surface area contributed by atoms with Crippen LogP contribution in [0.3, 0.4) is 0 Å². The number of carbonyl (C=O) groups is 2. The fourth-order valence-electron chi connectivity index (χ4n) is 3.48. The van der Waals surface area contributed by atoms with E-state index in [1.807, 2.05) is 37.3 Å². The molecule has 2 atom stereocenters. The van der Waals surface area contributed by atoms with Crippen molar-refractivity contribution in [1.29, 1.82) is 0 Å². The fourth-order valence-corrected chi connectivity index (χ4v) is 3.67. The zero-order chi connectivity index (χ0) is 20.3. The Labute approximate surface area is 167 Å². The smallest absolute Gasteiger partial charge is 0.255 e. The first-order chi connectivity index (χ1) is 13.4. The number of benzene rings is 2. The molecule has 2 amide bonds. The van der Waals surface area contributed by atoms with Gasteiger partial charge in [-0.15, -0.1) is 0 Å². The largest absolute Gasteiger partial charge is 0.354 e. The first-order valence-electron chi connectivity index (χ1n) is 9.13. The zero-order valence-corrected chi connectivity index (χ0v) is 16.1. The van der Waals surface area contributed by atoms with Gasteiger partial charge < -0.3 is 10.2 Å². The third-order valence-corrected chi connectivity index (χ3v) is 5.13. The van der Waals surface area contributed by atoms with Crippen LogP contribution in [0.2, 0.25) is 5.02 Å². The number of nitrogens with one attached hydrogen (secondary N) is 1. The van der Waals surface area contributed by atoms with Crippen molar-refractivity contribution in [3.05, 3.63) is 70.2 Å². The van der Waals surface area contributed by atoms with Gasteiger partial charge >= 0.3 is 0 Å². The number of alkyl halides is 2. The highest BCUT2D eigenvalue weighted by Crippen LogP contribution is 2.40. The Kier molecular flexibility index (Phi) is 6.29. The summed E-state index contributed by atoms with van der Waals surface area (Å²) in [6.07, 6.45) is -2.52. The van der Waals surface area contributed by atoms with E-state index < -0.39 is 18.4 Å². The highest BCUT2D eigenvalue weighted by atomic mass is 35.5. The quantitative estimate of drug-likeness (QED) is 0.674. The normalized spacial score (nSPS) is 17.0. The van der Waals surface area contributed by atoms with E-state index in [2.05, 4.69) is 5.32 Å². The van der Waals surface area contributed by atoms with Crippen LogP contribution >= 0.6 is 11.6 Å². The highest BCUT2D eigenvalue weighted by Gasteiger charge is 2.43. The predicted molar refractivity (Wildman–Crippen MR) is 103 cm³/mol. The minimum atomic E-state index is -2.40. The van der Waals surface area contributed by atoms with Gasteiger partial charge in [-0.2, -0.15) is 0 Å². The molecule has 0 fully saturated rings. The van der Waals surface area contributed by atoms with Crippen LogP contribution < -0.4 is 5.32 Å². The molecule has 0 aromatic heterocycles. The molecule has 3 rings (SSSR count). The number of hydrogen-bond acceptors (Lipinski definition) is 2. The maximum Gasteiger partial charge on any atom is 0.255 e. The molecule has 0 saturated heterocycles. The summed E-state index contributed by atoms with van der Waals surface area (Å²) in [5, 5.41) is 3.12. The molecular weight excluding hydrogens is 386 g/mol. The average Bonchev–Trinajstić information content (AvgIpc) is 2.96. The van der Waals surface area contributed by atoms with Crippen molar-refractivity contribution < 1.29 is 18.4 Å². The van der Waals surface area contributed by atoms with Gasteiger partial charge in [-0.05, 0) is 42.7 Å². The van der Waals surface area contributed by atoms with E-state index in [0.717, 1.165) is 5.56 Å². The molecule has 1 N–H and O–H groups in total. The van der Waals surface area contributed by atoms with Crippen LogP contribution in [0.1, 0.15) is 53.3 Å². The van der Waals surface area contributed by atoms with Crippen LogP contribution in [0.4, 0.5) is 8.78 Å². The monoisotopic (exact) mass is 406 g/mol. The first-order valence-corrected chi connectivity index (χ1v) is 9.51. The average molecular weight is 407 g/mol. The van der Waals surface area contributed by atoms with Gasteiger partial charge in [0, 0.05) is 23.6 Å². The summed E-state index contributed by atoms with van der Waals surface area (Å²) in [6.45, 7) is 1.98. The van der Waals surface area contributed by atoms with Crippen molar-refractivity contribution in [2.45, 2.75) is 38.3 Å². The van der Waals surface area contributed by atoms with Gasteiger partial charge in [0.15, 0.2) is 0 Å². The number of nitrogens with zero attached hydrogens (tertiary/aromatic N) is 1. The van der Waals surface area contributed by atoms with Crippen LogP contribution in [0.25, 0.3) is 0 Å². The van der Waals surface area contributed by atoms with E-state index in [0.29, 0.717) is 16.1 Å². The topological polar surface area (TPSA) is 49.4 Å². The number of amides is 2. The molecule has 0 saturated carbocycles. The van der Waals surface area contributed by atoms with Crippen molar-refractivity contribution in [2.75, 3.05) is 6.54 Å². The summed E-state index contributed by atoms with van der Waals surface area (Å²) in [4.78, 5) is 27.5. The number of rotatable bonds is 7. The third-order valence-electron chi connectivity index (χ3n) is 4.90. The lowest BCUT2D eigenvalue weighted by Crippen LogP contribution is -2.40. The van der Waals surface area contributed by atoms with Crippen molar-refractivity contribution in [1.82, 2.24) is 10.2 Å². The molecule has 0 radical (unpaired) electrons. The minimum absolute atomic E-state index is 0.122. The molecule has 0 aliphatic carbocycles. The van der Waals surface area contributed by atoms with E-state index in [1.54, 1.807) is 18.2 Å². The van der Waals surface area contributed by atoms with Crippen LogP contribution in [-0.2, 0) is 4.79 Å². The lowest BCUT2D eigenvalue weighted by molar-refractivity contribution is -0.126. The minimum Gasteiger partial charge on any atom is -0.354 e. The van der Waals surface area contributed by atoms with Crippen LogP contribution in [0, 0.1) is 0 Å². The van der Waals surface area contributed by atoms with E-state index in [1.165, 1.54) is 4.90 Å². The molecule has 2 aromatic carbocycles. The Morgan fingerprint density at radius 2 is 1.93 bits per heavy atom. The van der Waals surface area contributed by atoms with E-state index >= 15 is 0 Å². The maximum atomic E-state index is 13.1. The van der Waals surface area contributed by atoms with Gasteiger partial charge in [-0.25, -0.2) is 8.78 Å². The van der Waals surface area contributed by atoms with Gasteiger partial charge in [0.25, 0.3) is 5.91 Å². The highest BCUT2D eigenvalue weighted by molar-refractivity contribution is 6.31. The first kappa shape index (κ1) is 20.3. The Morgan fingerprint density at radius 1 is 1.21 bits per heavy atom. The maximum absolute atomic E-state index is 13.1. The number of fused-ring (bicyclic) bond motifs is 1. The van der Waals surface area contributed by atoms with Gasteiger partial charge in [0.05, 0.1) is 6.04 Å². The van der Waals surface area contributed by atoms with Gasteiger partial charge in [0.1, 0.15) is 6.04 Å². The molecule has 1 heterocycles. The summed E-state index contributed by atoms with van der Waals surface area (Å²) in [5.74, 6) is -0.651. The molecule has 0 spiro atoms. The molecule has 0 bridgehead atoms. The van der Waals surface area contributed by atoms with Crippen LogP contribution in [-0.4, -0.2) is 29.7 Å². The second-order valence-electron chi connectivity index (χ2n) is 6.76. The van der Waals surface area contributed by atoms with Crippen molar-refractivity contribution >= 4 is 23.4 Å². The Bertz CT molecular complexity index is 861. The fraction of sp³-hybridized carbons (Fsp3) is 0.333. The van der Waals surface area contributed by atoms with Gasteiger partial charge in [0.2, 0.25) is 12.3 Å². The summed E-state index contributed by atoms with van der Waals surface area (Å²) in [7, 11) is 0. The summed E-state index contributed by atoms with van der Waals surface area (Å²) in [6, 6.07) is 13.1. The van der Waals surface area contributed by atoms with Crippen LogP contribution in [0.5, 0.6) is 0 Å². The number of hydrogen-bond donors (Lipinski definition) is 1. The van der Waals surface area contributed by atoms with Crippen molar-refractivity contribution in [3.8, 4) is 0 Å². The van der Waals surface area contributed by atoms with Gasteiger partial charge in [-0.1, -0.05) is 41.9 Å². The lowest BCUT2D eigenvalue weighted by Gasteiger charge is -2.31. The van der Waals surface area contributed by atoms with Gasteiger partial charge in [-0.3, -0.25) is 9.59 Å². The van der Waals surface area contributed by atoms with Crippen molar-refractivity contribution in [2.24, 2.45) is 0 Å².